The molecule has 1 aromatic rings. The van der Waals surface area contributed by atoms with Gasteiger partial charge in [-0.15, -0.1) is 0 Å². The Kier molecular flexibility index (Phi) is 2.65. The maximum absolute atomic E-state index is 5.63. The van der Waals surface area contributed by atoms with E-state index in [1.165, 1.54) is 0 Å². The maximum Gasteiger partial charge on any atom is 0.243 e. The van der Waals surface area contributed by atoms with E-state index in [-0.39, 0.29) is 0 Å². The summed E-state index contributed by atoms with van der Waals surface area (Å²) in [4.78, 5) is 0. The second kappa shape index (κ2) is 3.53. The van der Waals surface area contributed by atoms with Gasteiger partial charge < -0.3 is 5.73 Å². The van der Waals surface area contributed by atoms with E-state index in [4.69, 9.17) is 5.73 Å². The molecule has 0 aliphatic carbocycles. The van der Waals surface area contributed by atoms with E-state index in [1.54, 1.807) is 0 Å². The van der Waals surface area contributed by atoms with Gasteiger partial charge in [0.1, 0.15) is 12.4 Å². The Hall–Kier alpha value is -0.830. The molecule has 0 saturated carbocycles. The van der Waals surface area contributed by atoms with E-state index in [0.29, 0.717) is 6.04 Å². The largest absolute Gasteiger partial charge is 0.328 e. The molecule has 1 aromatic heterocycles. The minimum absolute atomic E-state index is 0.294. The molecule has 2 N–H and O–H groups in total. The van der Waals surface area contributed by atoms with Crippen LogP contribution in [0.1, 0.15) is 13.3 Å². The van der Waals surface area contributed by atoms with E-state index >= 15 is 0 Å². The fraction of sp³-hybridized carbons (Fsp3) is 0.625. The Morgan fingerprint density at radius 2 is 2.36 bits per heavy atom. The zero-order valence-electron chi connectivity index (χ0n) is 7.20. The van der Waals surface area contributed by atoms with Gasteiger partial charge in [-0.1, -0.05) is 0 Å². The van der Waals surface area contributed by atoms with Crippen molar-refractivity contribution in [1.82, 2.24) is 4.57 Å². The molecule has 1 heterocycles. The van der Waals surface area contributed by atoms with Gasteiger partial charge in [0, 0.05) is 12.5 Å². The highest BCUT2D eigenvalue weighted by Crippen LogP contribution is 1.91. The third kappa shape index (κ3) is 2.72. The summed E-state index contributed by atoms with van der Waals surface area (Å²) in [6, 6.07) is 0.294. The number of rotatable bonds is 3. The van der Waals surface area contributed by atoms with Gasteiger partial charge in [-0.25, -0.2) is 9.13 Å². The van der Waals surface area contributed by atoms with Crippen molar-refractivity contribution in [2.45, 2.75) is 25.9 Å². The van der Waals surface area contributed by atoms with Crippen LogP contribution in [0.5, 0.6) is 0 Å². The lowest BCUT2D eigenvalue weighted by molar-refractivity contribution is -0.671. The van der Waals surface area contributed by atoms with Crippen LogP contribution in [0.25, 0.3) is 0 Å². The lowest BCUT2D eigenvalue weighted by atomic mass is 10.2. The molecular formula is C8H16N3+. The Morgan fingerprint density at radius 1 is 1.64 bits per heavy atom. The van der Waals surface area contributed by atoms with Gasteiger partial charge >= 0.3 is 0 Å². The number of imidazole rings is 1. The van der Waals surface area contributed by atoms with Gasteiger partial charge in [0.2, 0.25) is 6.33 Å². The van der Waals surface area contributed by atoms with Crippen molar-refractivity contribution in [1.29, 1.82) is 0 Å². The highest BCUT2D eigenvalue weighted by Gasteiger charge is 2.00. The smallest absolute Gasteiger partial charge is 0.243 e. The summed E-state index contributed by atoms with van der Waals surface area (Å²) in [6.45, 7) is 3.04. The molecule has 11 heavy (non-hydrogen) atoms. The Labute approximate surface area is 67.4 Å². The molecule has 0 spiro atoms. The topological polar surface area (TPSA) is 34.8 Å². The Bertz CT molecular complexity index is 215. The van der Waals surface area contributed by atoms with Crippen molar-refractivity contribution in [3.63, 3.8) is 0 Å². The molecule has 0 bridgehead atoms. The third-order valence-electron chi connectivity index (χ3n) is 1.67. The minimum atomic E-state index is 0.294. The SMILES string of the molecule is CC(N)CCn1cc[n+](C)c1. The number of hydrogen-bond donors (Lipinski definition) is 1. The minimum Gasteiger partial charge on any atom is -0.328 e. The van der Waals surface area contributed by atoms with Crippen molar-refractivity contribution < 1.29 is 4.57 Å². The summed E-state index contributed by atoms with van der Waals surface area (Å²) in [5.74, 6) is 0. The number of nitrogens with two attached hydrogens (primary N) is 1. The Morgan fingerprint density at radius 3 is 2.82 bits per heavy atom. The van der Waals surface area contributed by atoms with Crippen LogP contribution in [0.15, 0.2) is 18.7 Å². The molecule has 1 unspecified atom stereocenters. The standard InChI is InChI=1S/C8H16N3/c1-8(9)3-4-11-6-5-10(2)7-11/h5-8H,3-4,9H2,1-2H3/q+1. The highest BCUT2D eigenvalue weighted by atomic mass is 15.1. The van der Waals surface area contributed by atoms with Crippen molar-refractivity contribution >= 4 is 0 Å². The average Bonchev–Trinajstić information content (AvgIpc) is 2.31. The summed E-state index contributed by atoms with van der Waals surface area (Å²) < 4.78 is 4.17. The van der Waals surface area contributed by atoms with Crippen LogP contribution in [0.3, 0.4) is 0 Å². The first-order chi connectivity index (χ1) is 5.18. The second-order valence-electron chi connectivity index (χ2n) is 3.08. The number of hydrogen-bond acceptors (Lipinski definition) is 1. The van der Waals surface area contributed by atoms with Crippen molar-refractivity contribution in [3.05, 3.63) is 18.7 Å². The molecule has 0 radical (unpaired) electrons. The predicted molar refractivity (Wildman–Crippen MR) is 43.9 cm³/mol. The van der Waals surface area contributed by atoms with Crippen molar-refractivity contribution in [2.24, 2.45) is 12.8 Å². The molecule has 0 aromatic carbocycles. The van der Waals surface area contributed by atoms with Gasteiger partial charge in [-0.2, -0.15) is 0 Å². The Balaban J connectivity index is 2.39. The molecule has 0 aliphatic heterocycles. The first-order valence-corrected chi connectivity index (χ1v) is 3.95. The summed E-state index contributed by atoms with van der Waals surface area (Å²) in [5.41, 5.74) is 5.63. The number of aromatic nitrogens is 2. The average molecular weight is 154 g/mol. The first kappa shape index (κ1) is 8.27. The lowest BCUT2D eigenvalue weighted by Crippen LogP contribution is -2.24. The fourth-order valence-electron chi connectivity index (χ4n) is 0.987. The third-order valence-corrected chi connectivity index (χ3v) is 1.67. The van der Waals surface area contributed by atoms with Gasteiger partial charge in [-0.05, 0) is 6.92 Å². The monoisotopic (exact) mass is 154 g/mol. The van der Waals surface area contributed by atoms with Crippen LogP contribution in [0.2, 0.25) is 0 Å². The van der Waals surface area contributed by atoms with E-state index < -0.39 is 0 Å². The van der Waals surface area contributed by atoms with E-state index in [9.17, 15) is 0 Å². The lowest BCUT2D eigenvalue weighted by Gasteiger charge is -2.00. The van der Waals surface area contributed by atoms with Crippen LogP contribution in [-0.4, -0.2) is 10.6 Å². The molecule has 3 nitrogen and oxygen atoms in total. The fourth-order valence-corrected chi connectivity index (χ4v) is 0.987. The summed E-state index contributed by atoms with van der Waals surface area (Å²) >= 11 is 0. The zero-order valence-corrected chi connectivity index (χ0v) is 7.20. The van der Waals surface area contributed by atoms with Gasteiger partial charge in [-0.3, -0.25) is 0 Å². The molecule has 0 amide bonds. The van der Waals surface area contributed by atoms with Gasteiger partial charge in [0.25, 0.3) is 0 Å². The van der Waals surface area contributed by atoms with Crippen LogP contribution >= 0.6 is 0 Å². The normalized spacial score (nSPS) is 13.4. The zero-order chi connectivity index (χ0) is 8.27. The molecule has 1 rings (SSSR count). The molecule has 62 valence electrons. The van der Waals surface area contributed by atoms with Crippen LogP contribution in [0.4, 0.5) is 0 Å². The number of nitrogens with zero attached hydrogens (tertiary/aromatic N) is 2. The highest BCUT2D eigenvalue weighted by molar-refractivity contribution is 4.66. The summed E-state index contributed by atoms with van der Waals surface area (Å²) in [5, 5.41) is 0. The molecular weight excluding hydrogens is 138 g/mol. The molecule has 0 aliphatic rings. The maximum atomic E-state index is 5.63. The second-order valence-corrected chi connectivity index (χ2v) is 3.08. The summed E-state index contributed by atoms with van der Waals surface area (Å²) in [7, 11) is 2.02. The number of aryl methyl sites for hydroxylation is 2. The van der Waals surface area contributed by atoms with Gasteiger partial charge in [0.15, 0.2) is 0 Å². The van der Waals surface area contributed by atoms with E-state index in [0.717, 1.165) is 13.0 Å². The molecule has 3 heteroatoms. The van der Waals surface area contributed by atoms with Crippen molar-refractivity contribution in [3.8, 4) is 0 Å². The predicted octanol–water partition coefficient (Wildman–Crippen LogP) is 0.0499. The van der Waals surface area contributed by atoms with Crippen LogP contribution < -0.4 is 10.3 Å². The van der Waals surface area contributed by atoms with E-state index in [1.807, 2.05) is 24.7 Å². The van der Waals surface area contributed by atoms with Gasteiger partial charge in [0.05, 0.1) is 13.6 Å². The van der Waals surface area contributed by atoms with E-state index in [2.05, 4.69) is 17.1 Å². The molecule has 0 fully saturated rings. The molecule has 1 atom stereocenters. The molecule has 0 saturated heterocycles. The van der Waals surface area contributed by atoms with Crippen LogP contribution in [0, 0.1) is 0 Å². The quantitative estimate of drug-likeness (QED) is 0.613. The van der Waals surface area contributed by atoms with Crippen molar-refractivity contribution in [2.75, 3.05) is 0 Å². The van der Waals surface area contributed by atoms with Crippen LogP contribution in [-0.2, 0) is 13.6 Å². The summed E-state index contributed by atoms with van der Waals surface area (Å²) in [6.07, 6.45) is 7.18. The first-order valence-electron chi connectivity index (χ1n) is 3.95.